The van der Waals surface area contributed by atoms with E-state index in [-0.39, 0.29) is 5.41 Å². The number of aryl methyl sites for hydroxylation is 1. The van der Waals surface area contributed by atoms with Gasteiger partial charge in [-0.05, 0) is 37.4 Å². The summed E-state index contributed by atoms with van der Waals surface area (Å²) in [5.74, 6) is 1.81. The highest BCUT2D eigenvalue weighted by atomic mass is 16.4. The summed E-state index contributed by atoms with van der Waals surface area (Å²) in [6.07, 6.45) is 4.34. The Morgan fingerprint density at radius 1 is 1.27 bits per heavy atom. The molecule has 3 rings (SSSR count). The lowest BCUT2D eigenvalue weighted by Gasteiger charge is -2.24. The van der Waals surface area contributed by atoms with Crippen LogP contribution in [0.1, 0.15) is 62.4 Å². The van der Waals surface area contributed by atoms with Gasteiger partial charge in [-0.3, -0.25) is 4.90 Å². The largest absolute Gasteiger partial charge is 0.444 e. The monoisotopic (exact) mass is 298 g/mol. The van der Waals surface area contributed by atoms with E-state index in [1.807, 2.05) is 6.20 Å². The maximum atomic E-state index is 5.97. The molecule has 1 saturated heterocycles. The second kappa shape index (κ2) is 5.88. The molecule has 0 spiro atoms. The Bertz CT molecular complexity index is 639. The van der Waals surface area contributed by atoms with Gasteiger partial charge in [-0.15, -0.1) is 0 Å². The molecule has 0 saturated carbocycles. The van der Waals surface area contributed by atoms with E-state index in [2.05, 4.69) is 61.8 Å². The van der Waals surface area contributed by atoms with Gasteiger partial charge in [-0.1, -0.05) is 45.0 Å². The molecular weight excluding hydrogens is 272 g/mol. The first-order valence-electron chi connectivity index (χ1n) is 8.20. The van der Waals surface area contributed by atoms with Gasteiger partial charge in [-0.2, -0.15) is 0 Å². The number of nitrogens with zero attached hydrogens (tertiary/aromatic N) is 2. The molecule has 1 aromatic heterocycles. The zero-order valence-corrected chi connectivity index (χ0v) is 14.1. The number of hydrogen-bond donors (Lipinski definition) is 0. The van der Waals surface area contributed by atoms with E-state index in [0.717, 1.165) is 24.7 Å². The van der Waals surface area contributed by atoms with E-state index in [4.69, 9.17) is 4.42 Å². The molecule has 1 aliphatic rings. The van der Waals surface area contributed by atoms with Crippen LogP contribution in [0, 0.1) is 6.92 Å². The molecule has 118 valence electrons. The second-order valence-corrected chi connectivity index (χ2v) is 7.35. The zero-order valence-electron chi connectivity index (χ0n) is 14.1. The van der Waals surface area contributed by atoms with Gasteiger partial charge in [0.25, 0.3) is 0 Å². The van der Waals surface area contributed by atoms with Gasteiger partial charge >= 0.3 is 0 Å². The summed E-state index contributed by atoms with van der Waals surface area (Å²) in [6, 6.07) is 9.21. The molecule has 0 N–H and O–H groups in total. The Kier molecular flexibility index (Phi) is 4.09. The highest BCUT2D eigenvalue weighted by molar-refractivity contribution is 5.29. The van der Waals surface area contributed by atoms with Crippen molar-refractivity contribution in [2.24, 2.45) is 0 Å². The van der Waals surface area contributed by atoms with Gasteiger partial charge in [0.1, 0.15) is 5.76 Å². The minimum atomic E-state index is 0.0195. The lowest BCUT2D eigenvalue weighted by molar-refractivity contribution is 0.217. The second-order valence-electron chi connectivity index (χ2n) is 7.35. The summed E-state index contributed by atoms with van der Waals surface area (Å²) in [4.78, 5) is 6.99. The van der Waals surface area contributed by atoms with Crippen LogP contribution in [-0.2, 0) is 12.0 Å². The molecule has 0 unspecified atom stereocenters. The highest BCUT2D eigenvalue weighted by Crippen LogP contribution is 2.35. The van der Waals surface area contributed by atoms with Crippen LogP contribution in [0.25, 0.3) is 0 Å². The number of oxazole rings is 1. The third kappa shape index (κ3) is 3.09. The van der Waals surface area contributed by atoms with Crippen molar-refractivity contribution in [3.8, 4) is 0 Å². The van der Waals surface area contributed by atoms with Crippen molar-refractivity contribution in [1.29, 1.82) is 0 Å². The minimum absolute atomic E-state index is 0.0195. The smallest absolute Gasteiger partial charge is 0.208 e. The lowest BCUT2D eigenvalue weighted by Crippen LogP contribution is -2.23. The predicted octanol–water partition coefficient (Wildman–Crippen LogP) is 4.62. The molecule has 22 heavy (non-hydrogen) atoms. The Labute approximate surface area is 133 Å². The predicted molar refractivity (Wildman–Crippen MR) is 88.8 cm³/mol. The van der Waals surface area contributed by atoms with Crippen molar-refractivity contribution >= 4 is 0 Å². The Hall–Kier alpha value is -1.61. The van der Waals surface area contributed by atoms with Gasteiger partial charge in [0, 0.05) is 11.5 Å². The van der Waals surface area contributed by atoms with Crippen molar-refractivity contribution in [3.05, 3.63) is 53.2 Å². The summed E-state index contributed by atoms with van der Waals surface area (Å²) >= 11 is 0. The maximum absolute atomic E-state index is 5.97. The normalized spacial score (nSPS) is 19.7. The third-order valence-electron chi connectivity index (χ3n) is 4.54. The van der Waals surface area contributed by atoms with Crippen LogP contribution in [0.5, 0.6) is 0 Å². The SMILES string of the molecule is Cc1ccccc1[C@@H]1CCCN1Cc1ncc(C(C)(C)C)o1. The van der Waals surface area contributed by atoms with Crippen LogP contribution < -0.4 is 0 Å². The van der Waals surface area contributed by atoms with Crippen molar-refractivity contribution in [1.82, 2.24) is 9.88 Å². The molecule has 1 fully saturated rings. The van der Waals surface area contributed by atoms with E-state index >= 15 is 0 Å². The number of likely N-dealkylation sites (tertiary alicyclic amines) is 1. The number of benzene rings is 1. The molecule has 2 heterocycles. The quantitative estimate of drug-likeness (QED) is 0.828. The van der Waals surface area contributed by atoms with Crippen LogP contribution in [0.15, 0.2) is 34.9 Å². The standard InChI is InChI=1S/C19H26N2O/c1-14-8-5-6-9-15(14)16-10-7-11-21(16)13-18-20-12-17(22-18)19(2,3)4/h5-6,8-9,12,16H,7,10-11,13H2,1-4H3/t16-/m0/s1. The van der Waals surface area contributed by atoms with Crippen LogP contribution in [0.4, 0.5) is 0 Å². The number of hydrogen-bond acceptors (Lipinski definition) is 3. The highest BCUT2D eigenvalue weighted by Gasteiger charge is 2.28. The molecule has 1 atom stereocenters. The van der Waals surface area contributed by atoms with Crippen LogP contribution in [-0.4, -0.2) is 16.4 Å². The average molecular weight is 298 g/mol. The fourth-order valence-electron chi connectivity index (χ4n) is 3.23. The van der Waals surface area contributed by atoms with Crippen molar-refractivity contribution in [2.45, 2.75) is 58.5 Å². The molecule has 1 aliphatic heterocycles. The van der Waals surface area contributed by atoms with Crippen molar-refractivity contribution in [3.63, 3.8) is 0 Å². The van der Waals surface area contributed by atoms with Crippen LogP contribution in [0.3, 0.4) is 0 Å². The summed E-state index contributed by atoms with van der Waals surface area (Å²) in [5.41, 5.74) is 2.84. The molecule has 3 heteroatoms. The van der Waals surface area contributed by atoms with Gasteiger partial charge in [0.05, 0.1) is 12.7 Å². The summed E-state index contributed by atoms with van der Waals surface area (Å²) < 4.78 is 5.97. The van der Waals surface area contributed by atoms with Gasteiger partial charge in [0.15, 0.2) is 0 Å². The number of aromatic nitrogens is 1. The van der Waals surface area contributed by atoms with E-state index in [0.29, 0.717) is 6.04 Å². The fraction of sp³-hybridized carbons (Fsp3) is 0.526. The molecule has 0 aliphatic carbocycles. The lowest BCUT2D eigenvalue weighted by atomic mass is 9.94. The summed E-state index contributed by atoms with van der Waals surface area (Å²) in [6.45, 7) is 10.6. The molecular formula is C19H26N2O. The average Bonchev–Trinajstić information content (AvgIpc) is 3.09. The first kappa shape index (κ1) is 15.3. The minimum Gasteiger partial charge on any atom is -0.444 e. The summed E-state index contributed by atoms with van der Waals surface area (Å²) in [5, 5.41) is 0. The van der Waals surface area contributed by atoms with Gasteiger partial charge in [-0.25, -0.2) is 4.98 Å². The Balaban J connectivity index is 1.77. The third-order valence-corrected chi connectivity index (χ3v) is 4.54. The molecule has 0 bridgehead atoms. The molecule has 2 aromatic rings. The van der Waals surface area contributed by atoms with E-state index in [1.54, 1.807) is 0 Å². The first-order valence-corrected chi connectivity index (χ1v) is 8.20. The van der Waals surface area contributed by atoms with E-state index in [1.165, 1.54) is 24.0 Å². The van der Waals surface area contributed by atoms with Crippen LogP contribution >= 0.6 is 0 Å². The molecule has 1 aromatic carbocycles. The fourth-order valence-corrected chi connectivity index (χ4v) is 3.23. The Morgan fingerprint density at radius 2 is 2.05 bits per heavy atom. The number of rotatable bonds is 3. The van der Waals surface area contributed by atoms with E-state index < -0.39 is 0 Å². The van der Waals surface area contributed by atoms with Gasteiger partial charge < -0.3 is 4.42 Å². The first-order chi connectivity index (χ1) is 10.4. The van der Waals surface area contributed by atoms with E-state index in [9.17, 15) is 0 Å². The molecule has 3 nitrogen and oxygen atoms in total. The molecule has 0 radical (unpaired) electrons. The maximum Gasteiger partial charge on any atom is 0.208 e. The van der Waals surface area contributed by atoms with Crippen molar-refractivity contribution < 1.29 is 4.42 Å². The summed E-state index contributed by atoms with van der Waals surface area (Å²) in [7, 11) is 0. The van der Waals surface area contributed by atoms with Crippen molar-refractivity contribution in [2.75, 3.05) is 6.54 Å². The van der Waals surface area contributed by atoms with Gasteiger partial charge in [0.2, 0.25) is 5.89 Å². The Morgan fingerprint density at radius 3 is 2.73 bits per heavy atom. The van der Waals surface area contributed by atoms with Crippen LogP contribution in [0.2, 0.25) is 0 Å². The topological polar surface area (TPSA) is 29.3 Å². The zero-order chi connectivity index (χ0) is 15.7. The molecule has 0 amide bonds.